The molecular formula is C18H24F3NS. The fourth-order valence-corrected chi connectivity index (χ4v) is 2.50. The molecule has 0 aliphatic carbocycles. The number of thiocarbonyl (C=S) groups is 1. The van der Waals surface area contributed by atoms with Gasteiger partial charge < -0.3 is 4.90 Å². The van der Waals surface area contributed by atoms with Crippen molar-refractivity contribution >= 4 is 28.8 Å². The number of halogens is 3. The van der Waals surface area contributed by atoms with Gasteiger partial charge in [0.2, 0.25) is 0 Å². The van der Waals surface area contributed by atoms with E-state index >= 15 is 0 Å². The molecule has 128 valence electrons. The van der Waals surface area contributed by atoms with Crippen molar-refractivity contribution in [3.8, 4) is 0 Å². The number of anilines is 1. The summed E-state index contributed by atoms with van der Waals surface area (Å²) in [6.45, 7) is 7.26. The average molecular weight is 343 g/mol. The highest BCUT2D eigenvalue weighted by Gasteiger charge is 2.31. The first kappa shape index (κ1) is 19.7. The van der Waals surface area contributed by atoms with Crippen LogP contribution in [0.2, 0.25) is 0 Å². The summed E-state index contributed by atoms with van der Waals surface area (Å²) in [6, 6.07) is 4.16. The molecule has 0 aliphatic rings. The Morgan fingerprint density at radius 2 is 1.78 bits per heavy atom. The molecule has 0 aromatic heterocycles. The zero-order valence-corrected chi connectivity index (χ0v) is 14.7. The number of unbranched alkanes of at least 4 members (excludes halogenated alkanes) is 1. The van der Waals surface area contributed by atoms with Crippen LogP contribution in [-0.2, 0) is 6.18 Å². The molecule has 0 amide bonds. The van der Waals surface area contributed by atoms with E-state index in [9.17, 15) is 13.2 Å². The van der Waals surface area contributed by atoms with Crippen LogP contribution < -0.4 is 4.90 Å². The predicted molar refractivity (Wildman–Crippen MR) is 96.2 cm³/mol. The Morgan fingerprint density at radius 1 is 1.13 bits per heavy atom. The van der Waals surface area contributed by atoms with Crippen LogP contribution in [0.4, 0.5) is 18.9 Å². The molecule has 1 rings (SSSR count). The summed E-state index contributed by atoms with van der Waals surface area (Å²) in [4.78, 5) is 2.68. The van der Waals surface area contributed by atoms with Gasteiger partial charge in [0.25, 0.3) is 0 Å². The van der Waals surface area contributed by atoms with E-state index < -0.39 is 11.7 Å². The van der Waals surface area contributed by atoms with Gasteiger partial charge in [-0.3, -0.25) is 0 Å². The van der Waals surface area contributed by atoms with Crippen molar-refractivity contribution in [2.45, 2.75) is 46.2 Å². The van der Waals surface area contributed by atoms with Crippen molar-refractivity contribution in [1.29, 1.82) is 0 Å². The third-order valence-corrected chi connectivity index (χ3v) is 3.97. The first-order chi connectivity index (χ1) is 10.8. The minimum Gasteiger partial charge on any atom is -0.372 e. The highest BCUT2D eigenvalue weighted by molar-refractivity contribution is 7.80. The van der Waals surface area contributed by atoms with E-state index in [-0.39, 0.29) is 0 Å². The predicted octanol–water partition coefficient (Wildman–Crippen LogP) is 6.12. The second kappa shape index (κ2) is 9.06. The van der Waals surface area contributed by atoms with Gasteiger partial charge in [0.1, 0.15) is 0 Å². The van der Waals surface area contributed by atoms with E-state index in [1.54, 1.807) is 18.2 Å². The maximum Gasteiger partial charge on any atom is 0.416 e. The van der Waals surface area contributed by atoms with E-state index in [0.29, 0.717) is 24.3 Å². The molecule has 0 atom stereocenters. The fraction of sp³-hybridized carbons (Fsp3) is 0.500. The standard InChI is InChI=1S/C18H24F3NS/c1-4-7-8-17(23)10-9-14-11-15(18(19,20)21)13-16(12-14)22(5-2)6-3/h9-13H,4-8H2,1-3H3. The van der Waals surface area contributed by atoms with Gasteiger partial charge in [-0.25, -0.2) is 0 Å². The molecule has 1 aromatic carbocycles. The Labute approximate surface area is 142 Å². The molecule has 0 saturated carbocycles. The number of allylic oxidation sites excluding steroid dienone is 1. The molecule has 1 aromatic rings. The van der Waals surface area contributed by atoms with Crippen molar-refractivity contribution in [2.24, 2.45) is 0 Å². The largest absolute Gasteiger partial charge is 0.416 e. The molecule has 23 heavy (non-hydrogen) atoms. The molecule has 0 N–H and O–H groups in total. The summed E-state index contributed by atoms with van der Waals surface area (Å²) in [5, 5.41) is 0. The lowest BCUT2D eigenvalue weighted by molar-refractivity contribution is -0.137. The van der Waals surface area contributed by atoms with Crippen molar-refractivity contribution in [3.05, 3.63) is 35.4 Å². The van der Waals surface area contributed by atoms with Crippen molar-refractivity contribution < 1.29 is 13.2 Å². The highest BCUT2D eigenvalue weighted by atomic mass is 32.1. The van der Waals surface area contributed by atoms with Gasteiger partial charge in [0, 0.05) is 23.6 Å². The fourth-order valence-electron chi connectivity index (χ4n) is 2.29. The van der Waals surface area contributed by atoms with E-state index in [0.717, 1.165) is 24.1 Å². The van der Waals surface area contributed by atoms with Gasteiger partial charge in [-0.05, 0) is 56.5 Å². The number of hydrogen-bond acceptors (Lipinski definition) is 2. The molecule has 1 nitrogen and oxygen atoms in total. The van der Waals surface area contributed by atoms with Crippen LogP contribution in [0.1, 0.15) is 51.2 Å². The molecule has 0 unspecified atom stereocenters. The Balaban J connectivity index is 3.13. The van der Waals surface area contributed by atoms with E-state index in [1.807, 2.05) is 18.7 Å². The summed E-state index contributed by atoms with van der Waals surface area (Å²) in [5.41, 5.74) is 0.491. The van der Waals surface area contributed by atoms with Crippen LogP contribution in [-0.4, -0.2) is 18.0 Å². The van der Waals surface area contributed by atoms with Crippen LogP contribution in [0.3, 0.4) is 0 Å². The molecule has 0 bridgehead atoms. The average Bonchev–Trinajstić information content (AvgIpc) is 2.51. The van der Waals surface area contributed by atoms with Gasteiger partial charge >= 0.3 is 6.18 Å². The summed E-state index contributed by atoms with van der Waals surface area (Å²) < 4.78 is 39.3. The van der Waals surface area contributed by atoms with Crippen LogP contribution >= 0.6 is 12.2 Å². The Morgan fingerprint density at radius 3 is 2.30 bits per heavy atom. The van der Waals surface area contributed by atoms with E-state index in [4.69, 9.17) is 12.2 Å². The van der Waals surface area contributed by atoms with Gasteiger partial charge in [-0.2, -0.15) is 13.2 Å². The molecule has 0 fully saturated rings. The molecule has 5 heteroatoms. The first-order valence-electron chi connectivity index (χ1n) is 7.99. The van der Waals surface area contributed by atoms with Crippen molar-refractivity contribution in [1.82, 2.24) is 0 Å². The lowest BCUT2D eigenvalue weighted by atomic mass is 10.1. The van der Waals surface area contributed by atoms with Gasteiger partial charge in [0.15, 0.2) is 0 Å². The normalized spacial score (nSPS) is 11.9. The lowest BCUT2D eigenvalue weighted by Gasteiger charge is -2.23. The first-order valence-corrected chi connectivity index (χ1v) is 8.40. The third-order valence-electron chi connectivity index (χ3n) is 3.63. The van der Waals surface area contributed by atoms with E-state index in [2.05, 4.69) is 6.92 Å². The highest BCUT2D eigenvalue weighted by Crippen LogP contribution is 2.33. The zero-order valence-electron chi connectivity index (χ0n) is 13.9. The number of rotatable bonds is 8. The number of alkyl halides is 3. The molecule has 0 radical (unpaired) electrons. The molecule has 0 heterocycles. The minimum absolute atomic E-state index is 0.528. The van der Waals surface area contributed by atoms with Crippen LogP contribution in [0.25, 0.3) is 6.08 Å². The van der Waals surface area contributed by atoms with Gasteiger partial charge in [-0.15, -0.1) is 0 Å². The van der Waals surface area contributed by atoms with Gasteiger partial charge in [0.05, 0.1) is 5.56 Å². The minimum atomic E-state index is -4.35. The Kier molecular flexibility index (Phi) is 7.76. The van der Waals surface area contributed by atoms with Crippen molar-refractivity contribution in [2.75, 3.05) is 18.0 Å². The quantitative estimate of drug-likeness (QED) is 0.413. The maximum atomic E-state index is 13.1. The zero-order chi connectivity index (χ0) is 17.5. The molecule has 0 saturated heterocycles. The SMILES string of the molecule is CCCCC(=S)C=Cc1cc(N(CC)CC)cc(C(F)(F)F)c1. The smallest absolute Gasteiger partial charge is 0.372 e. The Bertz CT molecular complexity index is 546. The summed E-state index contributed by atoms with van der Waals surface area (Å²) >= 11 is 5.24. The maximum absolute atomic E-state index is 13.1. The second-order valence-electron chi connectivity index (χ2n) is 5.39. The van der Waals surface area contributed by atoms with E-state index in [1.165, 1.54) is 12.1 Å². The van der Waals surface area contributed by atoms with Gasteiger partial charge in [-0.1, -0.05) is 31.6 Å². The van der Waals surface area contributed by atoms with Crippen LogP contribution in [0.15, 0.2) is 24.3 Å². The second-order valence-corrected chi connectivity index (χ2v) is 5.91. The van der Waals surface area contributed by atoms with Crippen LogP contribution in [0, 0.1) is 0 Å². The monoisotopic (exact) mass is 343 g/mol. The number of benzene rings is 1. The van der Waals surface area contributed by atoms with Crippen LogP contribution in [0.5, 0.6) is 0 Å². The lowest BCUT2D eigenvalue weighted by Crippen LogP contribution is -2.22. The third kappa shape index (κ3) is 6.34. The van der Waals surface area contributed by atoms with Crippen molar-refractivity contribution in [3.63, 3.8) is 0 Å². The molecule has 0 aliphatic heterocycles. The number of nitrogens with zero attached hydrogens (tertiary/aromatic N) is 1. The molecule has 0 spiro atoms. The molecular weight excluding hydrogens is 319 g/mol. The Hall–Kier alpha value is -1.36. The summed E-state index contributed by atoms with van der Waals surface area (Å²) in [7, 11) is 0. The topological polar surface area (TPSA) is 3.24 Å². The summed E-state index contributed by atoms with van der Waals surface area (Å²) in [6.07, 6.45) is 1.91. The summed E-state index contributed by atoms with van der Waals surface area (Å²) in [5.74, 6) is 0. The number of hydrogen-bond donors (Lipinski definition) is 0.